The minimum absolute atomic E-state index is 0.309. The first-order valence-corrected chi connectivity index (χ1v) is 4.60. The summed E-state index contributed by atoms with van der Waals surface area (Å²) in [5.41, 5.74) is 0.760. The second-order valence-corrected chi connectivity index (χ2v) is 3.13. The Balaban J connectivity index is 2.75. The molecule has 3 heteroatoms. The molecule has 76 valence electrons. The molecule has 0 saturated carbocycles. The highest BCUT2D eigenvalue weighted by Crippen LogP contribution is 2.19. The topological polar surface area (TPSA) is 26.3 Å². The van der Waals surface area contributed by atoms with Crippen LogP contribution in [0.25, 0.3) is 0 Å². The predicted octanol–water partition coefficient (Wildman–Crippen LogP) is 2.84. The molecule has 0 atom stereocenters. The summed E-state index contributed by atoms with van der Waals surface area (Å²) in [5, 5.41) is 0. The lowest BCUT2D eigenvalue weighted by Gasteiger charge is -2.06. The number of rotatable bonds is 3. The monoisotopic (exact) mass is 196 g/mol. The maximum Gasteiger partial charge on any atom is 0.311 e. The van der Waals surface area contributed by atoms with Gasteiger partial charge in [-0.1, -0.05) is 13.0 Å². The Hall–Kier alpha value is -1.38. The highest BCUT2D eigenvalue weighted by Gasteiger charge is 2.06. The fraction of sp³-hybridized carbons (Fsp3) is 0.364. The third-order valence-corrected chi connectivity index (χ3v) is 1.83. The molecule has 0 aliphatic heterocycles. The molecule has 0 heterocycles. The van der Waals surface area contributed by atoms with Gasteiger partial charge >= 0.3 is 5.97 Å². The Kier molecular flexibility index (Phi) is 3.63. The van der Waals surface area contributed by atoms with Gasteiger partial charge in [0.15, 0.2) is 0 Å². The van der Waals surface area contributed by atoms with Crippen LogP contribution in [0.5, 0.6) is 5.75 Å². The standard InChI is InChI=1S/C11H13FO2/c1-3-4-11(13)14-10-7-9(12)6-5-8(10)2/h5-7H,3-4H2,1-2H3. The molecule has 0 fully saturated rings. The number of carbonyl (C=O) groups excluding carboxylic acids is 1. The number of aryl methyl sites for hydroxylation is 1. The van der Waals surface area contributed by atoms with E-state index in [-0.39, 0.29) is 5.97 Å². The van der Waals surface area contributed by atoms with Gasteiger partial charge in [0.25, 0.3) is 0 Å². The molecule has 1 aromatic carbocycles. The summed E-state index contributed by atoms with van der Waals surface area (Å²) in [7, 11) is 0. The third-order valence-electron chi connectivity index (χ3n) is 1.83. The second kappa shape index (κ2) is 4.74. The number of esters is 1. The number of ether oxygens (including phenoxy) is 1. The zero-order valence-corrected chi connectivity index (χ0v) is 8.34. The average molecular weight is 196 g/mol. The van der Waals surface area contributed by atoms with Gasteiger partial charge in [-0.05, 0) is 25.0 Å². The lowest BCUT2D eigenvalue weighted by molar-refractivity contribution is -0.134. The van der Waals surface area contributed by atoms with Gasteiger partial charge in [0.1, 0.15) is 11.6 Å². The van der Waals surface area contributed by atoms with Crippen LogP contribution < -0.4 is 4.74 Å². The van der Waals surface area contributed by atoms with Crippen molar-refractivity contribution in [1.29, 1.82) is 0 Å². The summed E-state index contributed by atoms with van der Waals surface area (Å²) in [6, 6.07) is 4.15. The van der Waals surface area contributed by atoms with Gasteiger partial charge in [-0.15, -0.1) is 0 Å². The van der Waals surface area contributed by atoms with Crippen molar-refractivity contribution < 1.29 is 13.9 Å². The molecular weight excluding hydrogens is 183 g/mol. The number of halogens is 1. The van der Waals surface area contributed by atoms with Crippen molar-refractivity contribution in [3.05, 3.63) is 29.6 Å². The van der Waals surface area contributed by atoms with E-state index in [1.54, 1.807) is 13.0 Å². The Morgan fingerprint density at radius 3 is 2.86 bits per heavy atom. The fourth-order valence-electron chi connectivity index (χ4n) is 1.06. The number of benzene rings is 1. The SMILES string of the molecule is CCCC(=O)Oc1cc(F)ccc1C. The average Bonchev–Trinajstić information content (AvgIpc) is 2.12. The van der Waals surface area contributed by atoms with Crippen molar-refractivity contribution >= 4 is 5.97 Å². The quantitative estimate of drug-likeness (QED) is 0.549. The first kappa shape index (κ1) is 10.7. The molecule has 1 rings (SSSR count). The Bertz CT molecular complexity index is 334. The van der Waals surface area contributed by atoms with E-state index >= 15 is 0 Å². The Labute approximate surface area is 82.7 Å². The molecule has 0 unspecified atom stereocenters. The van der Waals surface area contributed by atoms with E-state index in [2.05, 4.69) is 0 Å². The minimum atomic E-state index is -0.394. The highest BCUT2D eigenvalue weighted by atomic mass is 19.1. The first-order valence-electron chi connectivity index (χ1n) is 4.60. The van der Waals surface area contributed by atoms with Crippen molar-refractivity contribution in [3.63, 3.8) is 0 Å². The molecule has 2 nitrogen and oxygen atoms in total. The van der Waals surface area contributed by atoms with Crippen LogP contribution in [0.15, 0.2) is 18.2 Å². The Morgan fingerprint density at radius 1 is 1.50 bits per heavy atom. The van der Waals surface area contributed by atoms with Crippen LogP contribution in [0.3, 0.4) is 0 Å². The van der Waals surface area contributed by atoms with E-state index in [1.165, 1.54) is 12.1 Å². The normalized spacial score (nSPS) is 9.93. The largest absolute Gasteiger partial charge is 0.426 e. The maximum absolute atomic E-state index is 12.8. The zero-order valence-electron chi connectivity index (χ0n) is 8.34. The molecule has 0 aliphatic carbocycles. The molecule has 0 radical (unpaired) electrons. The van der Waals surface area contributed by atoms with Crippen LogP contribution in [-0.2, 0) is 4.79 Å². The maximum atomic E-state index is 12.8. The Morgan fingerprint density at radius 2 is 2.21 bits per heavy atom. The predicted molar refractivity (Wildman–Crippen MR) is 51.7 cm³/mol. The van der Waals surface area contributed by atoms with Crippen LogP contribution >= 0.6 is 0 Å². The van der Waals surface area contributed by atoms with Crippen molar-refractivity contribution in [2.75, 3.05) is 0 Å². The summed E-state index contributed by atoms with van der Waals surface area (Å²) < 4.78 is 17.8. The van der Waals surface area contributed by atoms with E-state index in [0.717, 1.165) is 12.0 Å². The molecular formula is C11H13FO2. The molecule has 0 bridgehead atoms. The summed E-state index contributed by atoms with van der Waals surface area (Å²) >= 11 is 0. The number of carbonyl (C=O) groups is 1. The van der Waals surface area contributed by atoms with Crippen LogP contribution in [0.4, 0.5) is 4.39 Å². The van der Waals surface area contributed by atoms with Crippen molar-refractivity contribution in [1.82, 2.24) is 0 Å². The summed E-state index contributed by atoms with van der Waals surface area (Å²) in [6.07, 6.45) is 1.09. The van der Waals surface area contributed by atoms with Crippen LogP contribution in [0.2, 0.25) is 0 Å². The summed E-state index contributed by atoms with van der Waals surface area (Å²) in [5.74, 6) is -0.403. The molecule has 0 aromatic heterocycles. The summed E-state index contributed by atoms with van der Waals surface area (Å²) in [4.78, 5) is 11.1. The van der Waals surface area contributed by atoms with Crippen LogP contribution in [0.1, 0.15) is 25.3 Å². The molecule has 0 amide bonds. The van der Waals surface area contributed by atoms with Gasteiger partial charge < -0.3 is 4.74 Å². The third kappa shape index (κ3) is 2.83. The first-order chi connectivity index (χ1) is 6.63. The molecule has 0 N–H and O–H groups in total. The summed E-state index contributed by atoms with van der Waals surface area (Å²) in [6.45, 7) is 3.66. The van der Waals surface area contributed by atoms with Crippen molar-refractivity contribution in [2.45, 2.75) is 26.7 Å². The number of hydrogen-bond acceptors (Lipinski definition) is 2. The fourth-order valence-corrected chi connectivity index (χ4v) is 1.06. The highest BCUT2D eigenvalue weighted by molar-refractivity contribution is 5.72. The zero-order chi connectivity index (χ0) is 10.6. The second-order valence-electron chi connectivity index (χ2n) is 3.13. The van der Waals surface area contributed by atoms with Crippen molar-refractivity contribution in [2.24, 2.45) is 0 Å². The van der Waals surface area contributed by atoms with Crippen LogP contribution in [0, 0.1) is 12.7 Å². The van der Waals surface area contributed by atoms with Gasteiger partial charge in [0.05, 0.1) is 0 Å². The molecule has 0 saturated heterocycles. The van der Waals surface area contributed by atoms with Gasteiger partial charge in [0, 0.05) is 12.5 Å². The van der Waals surface area contributed by atoms with Gasteiger partial charge in [-0.3, -0.25) is 4.79 Å². The minimum Gasteiger partial charge on any atom is -0.426 e. The van der Waals surface area contributed by atoms with E-state index < -0.39 is 5.82 Å². The molecule has 0 spiro atoms. The van der Waals surface area contributed by atoms with E-state index in [1.807, 2.05) is 6.92 Å². The molecule has 14 heavy (non-hydrogen) atoms. The lowest BCUT2D eigenvalue weighted by atomic mass is 10.2. The van der Waals surface area contributed by atoms with Gasteiger partial charge in [-0.2, -0.15) is 0 Å². The van der Waals surface area contributed by atoms with Crippen molar-refractivity contribution in [3.8, 4) is 5.75 Å². The van der Waals surface area contributed by atoms with E-state index in [9.17, 15) is 9.18 Å². The van der Waals surface area contributed by atoms with E-state index in [0.29, 0.717) is 12.2 Å². The lowest BCUT2D eigenvalue weighted by Crippen LogP contribution is -2.07. The smallest absolute Gasteiger partial charge is 0.311 e. The molecule has 1 aromatic rings. The van der Waals surface area contributed by atoms with Gasteiger partial charge in [0.2, 0.25) is 0 Å². The van der Waals surface area contributed by atoms with E-state index in [4.69, 9.17) is 4.74 Å². The van der Waals surface area contributed by atoms with Crippen LogP contribution in [-0.4, -0.2) is 5.97 Å². The van der Waals surface area contributed by atoms with Gasteiger partial charge in [-0.25, -0.2) is 4.39 Å². The molecule has 0 aliphatic rings. The number of hydrogen-bond donors (Lipinski definition) is 0.